The number of halogens is 1. The first-order valence-electron chi connectivity index (χ1n) is 7.96. The van der Waals surface area contributed by atoms with Crippen LogP contribution in [-0.2, 0) is 19.5 Å². The van der Waals surface area contributed by atoms with Gasteiger partial charge in [0, 0.05) is 31.3 Å². The molecule has 2 rings (SSSR count). The Kier molecular flexibility index (Phi) is 8.66. The highest BCUT2D eigenvalue weighted by Crippen LogP contribution is 2.19. The maximum Gasteiger partial charge on any atom is 0.191 e. The molecule has 132 valence electrons. The van der Waals surface area contributed by atoms with Crippen molar-refractivity contribution in [3.8, 4) is 0 Å². The minimum absolute atomic E-state index is 0. The zero-order valence-electron chi connectivity index (χ0n) is 14.6. The van der Waals surface area contributed by atoms with Crippen LogP contribution in [0.4, 0.5) is 0 Å². The van der Waals surface area contributed by atoms with E-state index in [1.54, 1.807) is 7.05 Å². The first kappa shape index (κ1) is 20.5. The molecule has 1 aliphatic rings. The number of nitrogens with one attached hydrogen (secondary N) is 2. The Morgan fingerprint density at radius 3 is 2.74 bits per heavy atom. The Bertz CT molecular complexity index is 514. The predicted molar refractivity (Wildman–Crippen MR) is 109 cm³/mol. The molecule has 0 spiro atoms. The summed E-state index contributed by atoms with van der Waals surface area (Å²) in [5, 5.41) is 15.4. The molecule has 0 saturated heterocycles. The van der Waals surface area contributed by atoms with E-state index in [4.69, 9.17) is 0 Å². The van der Waals surface area contributed by atoms with Crippen LogP contribution in [0.1, 0.15) is 44.8 Å². The van der Waals surface area contributed by atoms with Crippen LogP contribution in [0, 0.1) is 0 Å². The van der Waals surface area contributed by atoms with Crippen molar-refractivity contribution in [1.82, 2.24) is 25.4 Å². The van der Waals surface area contributed by atoms with Gasteiger partial charge in [0.15, 0.2) is 11.8 Å². The second-order valence-electron chi connectivity index (χ2n) is 6.24. The normalized spacial score (nSPS) is 15.4. The lowest BCUT2D eigenvalue weighted by atomic mass is 10.2. The molecule has 0 saturated carbocycles. The monoisotopic (exact) mass is 452 g/mol. The van der Waals surface area contributed by atoms with Crippen LogP contribution in [-0.4, -0.2) is 45.3 Å². The van der Waals surface area contributed by atoms with Crippen LogP contribution in [0.2, 0.25) is 0 Å². The van der Waals surface area contributed by atoms with Gasteiger partial charge >= 0.3 is 0 Å². The molecule has 0 aromatic carbocycles. The number of thioether (sulfide) groups is 1. The summed E-state index contributed by atoms with van der Waals surface area (Å²) >= 11 is 1.84. The molecule has 0 fully saturated rings. The quantitative estimate of drug-likeness (QED) is 0.408. The minimum atomic E-state index is 0. The van der Waals surface area contributed by atoms with E-state index in [9.17, 15) is 0 Å². The lowest BCUT2D eigenvalue weighted by molar-refractivity contribution is 0.594. The number of nitrogens with zero attached hydrogens (tertiary/aromatic N) is 4. The van der Waals surface area contributed by atoms with Crippen LogP contribution in [0.3, 0.4) is 0 Å². The first-order chi connectivity index (χ1) is 10.6. The number of hydrogen-bond donors (Lipinski definition) is 2. The number of guanidine groups is 1. The highest BCUT2D eigenvalue weighted by atomic mass is 127. The lowest BCUT2D eigenvalue weighted by Crippen LogP contribution is -2.43. The summed E-state index contributed by atoms with van der Waals surface area (Å²) in [6.45, 7) is 7.00. The molecular weight excluding hydrogens is 423 g/mol. The Morgan fingerprint density at radius 2 is 2.04 bits per heavy atom. The maximum atomic E-state index is 4.33. The topological polar surface area (TPSA) is 67.1 Å². The average Bonchev–Trinajstić information content (AvgIpc) is 2.75. The molecule has 1 aromatic rings. The third-order valence-corrected chi connectivity index (χ3v) is 5.31. The van der Waals surface area contributed by atoms with E-state index in [1.807, 2.05) is 11.8 Å². The van der Waals surface area contributed by atoms with Crippen LogP contribution >= 0.6 is 35.7 Å². The summed E-state index contributed by atoms with van der Waals surface area (Å²) in [7, 11) is 1.80. The van der Waals surface area contributed by atoms with Gasteiger partial charge in [0.25, 0.3) is 0 Å². The molecule has 0 bridgehead atoms. The zero-order chi connectivity index (χ0) is 16.0. The molecule has 0 unspecified atom stereocenters. The summed E-state index contributed by atoms with van der Waals surface area (Å²) < 4.78 is 2.45. The first-order valence-corrected chi connectivity index (χ1v) is 9.19. The van der Waals surface area contributed by atoms with E-state index in [2.05, 4.69) is 50.5 Å². The van der Waals surface area contributed by atoms with Gasteiger partial charge in [-0.05, 0) is 32.9 Å². The number of fused-ring (bicyclic) bond motifs is 1. The van der Waals surface area contributed by atoms with Crippen molar-refractivity contribution in [3.05, 3.63) is 11.6 Å². The van der Waals surface area contributed by atoms with Crippen molar-refractivity contribution >= 4 is 41.7 Å². The third kappa shape index (κ3) is 6.13. The highest BCUT2D eigenvalue weighted by molar-refractivity contribution is 14.0. The third-order valence-electron chi connectivity index (χ3n) is 4.06. The van der Waals surface area contributed by atoms with E-state index in [1.165, 1.54) is 19.3 Å². The SMILES string of the molecule is CN=C(NCc1nnc2n1CCCCC2)NCC(C)(C)SC.I. The molecule has 6 nitrogen and oxygen atoms in total. The largest absolute Gasteiger partial charge is 0.355 e. The number of aryl methyl sites for hydroxylation is 1. The number of aliphatic imine (C=N–C) groups is 1. The van der Waals surface area contributed by atoms with Crippen molar-refractivity contribution in [2.75, 3.05) is 19.8 Å². The second-order valence-corrected chi connectivity index (χ2v) is 7.75. The molecule has 2 heterocycles. The Balaban J connectivity index is 0.00000264. The van der Waals surface area contributed by atoms with Crippen molar-refractivity contribution in [2.45, 2.75) is 57.4 Å². The Labute approximate surface area is 160 Å². The molecule has 0 aliphatic carbocycles. The summed E-state index contributed by atoms with van der Waals surface area (Å²) in [4.78, 5) is 4.28. The van der Waals surface area contributed by atoms with Gasteiger partial charge in [-0.3, -0.25) is 4.99 Å². The van der Waals surface area contributed by atoms with Gasteiger partial charge in [-0.15, -0.1) is 34.2 Å². The Hall–Kier alpha value is -0.510. The van der Waals surface area contributed by atoms with Crippen LogP contribution in [0.15, 0.2) is 4.99 Å². The van der Waals surface area contributed by atoms with E-state index in [0.29, 0.717) is 6.54 Å². The standard InChI is InChI=1S/C15H28N6S.HI/c1-15(2,22-4)11-18-14(16-3)17-10-13-20-19-12-8-6-5-7-9-21(12)13;/h5-11H2,1-4H3,(H2,16,17,18);1H. The molecule has 8 heteroatoms. The van der Waals surface area contributed by atoms with E-state index < -0.39 is 0 Å². The Morgan fingerprint density at radius 1 is 1.26 bits per heavy atom. The molecule has 23 heavy (non-hydrogen) atoms. The van der Waals surface area contributed by atoms with Gasteiger partial charge in [0.2, 0.25) is 0 Å². The summed E-state index contributed by atoms with van der Waals surface area (Å²) in [5.41, 5.74) is 0. The average molecular weight is 452 g/mol. The lowest BCUT2D eigenvalue weighted by Gasteiger charge is -2.23. The highest BCUT2D eigenvalue weighted by Gasteiger charge is 2.17. The van der Waals surface area contributed by atoms with Crippen LogP contribution in [0.5, 0.6) is 0 Å². The van der Waals surface area contributed by atoms with Gasteiger partial charge in [0.1, 0.15) is 5.82 Å². The molecule has 0 amide bonds. The number of rotatable bonds is 5. The van der Waals surface area contributed by atoms with Crippen molar-refractivity contribution in [3.63, 3.8) is 0 Å². The summed E-state index contributed by atoms with van der Waals surface area (Å²) in [6, 6.07) is 0. The van der Waals surface area contributed by atoms with Gasteiger partial charge in [-0.2, -0.15) is 11.8 Å². The van der Waals surface area contributed by atoms with Gasteiger partial charge in [-0.1, -0.05) is 6.42 Å². The zero-order valence-corrected chi connectivity index (χ0v) is 17.7. The second kappa shape index (κ2) is 9.71. The molecule has 0 atom stereocenters. The van der Waals surface area contributed by atoms with E-state index in [0.717, 1.165) is 37.1 Å². The van der Waals surface area contributed by atoms with Crippen LogP contribution in [0.25, 0.3) is 0 Å². The van der Waals surface area contributed by atoms with E-state index >= 15 is 0 Å². The molecule has 0 radical (unpaired) electrons. The number of hydrogen-bond acceptors (Lipinski definition) is 4. The van der Waals surface area contributed by atoms with Gasteiger partial charge < -0.3 is 15.2 Å². The smallest absolute Gasteiger partial charge is 0.191 e. The fourth-order valence-electron chi connectivity index (χ4n) is 2.43. The molecule has 1 aromatic heterocycles. The molecular formula is C15H29IN6S. The fraction of sp³-hybridized carbons (Fsp3) is 0.800. The predicted octanol–water partition coefficient (Wildman–Crippen LogP) is 2.43. The fourth-order valence-corrected chi connectivity index (χ4v) is 2.64. The van der Waals surface area contributed by atoms with Gasteiger partial charge in [-0.25, -0.2) is 0 Å². The van der Waals surface area contributed by atoms with Crippen molar-refractivity contribution in [2.24, 2.45) is 4.99 Å². The summed E-state index contributed by atoms with van der Waals surface area (Å²) in [6.07, 6.45) is 6.89. The molecule has 1 aliphatic heterocycles. The minimum Gasteiger partial charge on any atom is -0.355 e. The van der Waals surface area contributed by atoms with Crippen molar-refractivity contribution < 1.29 is 0 Å². The maximum absolute atomic E-state index is 4.33. The van der Waals surface area contributed by atoms with E-state index in [-0.39, 0.29) is 28.7 Å². The number of aromatic nitrogens is 3. The van der Waals surface area contributed by atoms with Gasteiger partial charge in [0.05, 0.1) is 6.54 Å². The van der Waals surface area contributed by atoms with Crippen LogP contribution < -0.4 is 10.6 Å². The summed E-state index contributed by atoms with van der Waals surface area (Å²) in [5.74, 6) is 2.94. The van der Waals surface area contributed by atoms with Crippen molar-refractivity contribution in [1.29, 1.82) is 0 Å². The molecule has 2 N–H and O–H groups in total.